The Morgan fingerprint density at radius 2 is 1.65 bits per heavy atom. The summed E-state index contributed by atoms with van der Waals surface area (Å²) in [5, 5.41) is 8.51. The van der Waals surface area contributed by atoms with E-state index in [1.807, 2.05) is 51.1 Å². The molecule has 0 aliphatic heterocycles. The summed E-state index contributed by atoms with van der Waals surface area (Å²) in [4.78, 5) is 25.4. The van der Waals surface area contributed by atoms with Crippen LogP contribution in [0.5, 0.6) is 0 Å². The fraction of sp³-hybridized carbons (Fsp3) is 0.368. The molecule has 0 saturated carbocycles. The Kier molecular flexibility index (Phi) is 6.66. The van der Waals surface area contributed by atoms with Crippen LogP contribution in [0.3, 0.4) is 0 Å². The zero-order chi connectivity index (χ0) is 19.1. The quantitative estimate of drug-likeness (QED) is 0.577. The second kappa shape index (κ2) is 8.94. The van der Waals surface area contributed by atoms with Gasteiger partial charge in [-0.25, -0.2) is 14.8 Å². The fourth-order valence-corrected chi connectivity index (χ4v) is 2.18. The zero-order valence-electron chi connectivity index (χ0n) is 15.9. The van der Waals surface area contributed by atoms with Crippen molar-refractivity contribution >= 4 is 23.6 Å². The highest BCUT2D eigenvalue weighted by Crippen LogP contribution is 2.08. The molecule has 0 fully saturated rings. The SMILES string of the molecule is Cc1ccc(NC(=O)NC(=NCC(C)C)Nc2nc(C)cc(C)n2)cc1. The lowest BCUT2D eigenvalue weighted by Crippen LogP contribution is -2.39. The number of rotatable bonds is 4. The number of nitrogens with zero attached hydrogens (tertiary/aromatic N) is 3. The van der Waals surface area contributed by atoms with E-state index in [0.717, 1.165) is 17.0 Å². The number of hydrogen-bond donors (Lipinski definition) is 3. The van der Waals surface area contributed by atoms with E-state index in [4.69, 9.17) is 0 Å². The molecule has 1 aromatic carbocycles. The van der Waals surface area contributed by atoms with Crippen LogP contribution in [0.2, 0.25) is 0 Å². The molecule has 0 aliphatic rings. The van der Waals surface area contributed by atoms with E-state index >= 15 is 0 Å². The summed E-state index contributed by atoms with van der Waals surface area (Å²) in [6.45, 7) is 10.5. The van der Waals surface area contributed by atoms with Gasteiger partial charge in [-0.3, -0.25) is 15.6 Å². The van der Waals surface area contributed by atoms with Crippen LogP contribution < -0.4 is 16.0 Å². The minimum atomic E-state index is -0.381. The molecule has 0 unspecified atom stereocenters. The van der Waals surface area contributed by atoms with Crippen molar-refractivity contribution < 1.29 is 4.79 Å². The number of amides is 2. The van der Waals surface area contributed by atoms with Crippen molar-refractivity contribution in [2.75, 3.05) is 17.2 Å². The molecule has 0 saturated heterocycles. The van der Waals surface area contributed by atoms with Crippen molar-refractivity contribution in [1.29, 1.82) is 0 Å². The van der Waals surface area contributed by atoms with Crippen LogP contribution in [0.25, 0.3) is 0 Å². The lowest BCUT2D eigenvalue weighted by Gasteiger charge is -2.13. The summed E-state index contributed by atoms with van der Waals surface area (Å²) >= 11 is 0. The van der Waals surface area contributed by atoms with Crippen LogP contribution >= 0.6 is 0 Å². The van der Waals surface area contributed by atoms with Crippen LogP contribution in [0, 0.1) is 26.7 Å². The molecule has 2 amide bonds. The van der Waals surface area contributed by atoms with Gasteiger partial charge in [0.05, 0.1) is 0 Å². The van der Waals surface area contributed by atoms with E-state index in [-0.39, 0.29) is 6.03 Å². The van der Waals surface area contributed by atoms with Crippen molar-refractivity contribution in [3.05, 3.63) is 47.3 Å². The van der Waals surface area contributed by atoms with Gasteiger partial charge in [-0.15, -0.1) is 0 Å². The number of carbonyl (C=O) groups excluding carboxylic acids is 1. The molecule has 2 rings (SSSR count). The fourth-order valence-electron chi connectivity index (χ4n) is 2.18. The molecule has 0 bridgehead atoms. The number of nitrogens with one attached hydrogen (secondary N) is 3. The van der Waals surface area contributed by atoms with Crippen molar-refractivity contribution in [3.8, 4) is 0 Å². The van der Waals surface area contributed by atoms with Gasteiger partial charge < -0.3 is 5.32 Å². The summed E-state index contributed by atoms with van der Waals surface area (Å²) in [6, 6.07) is 9.07. The molecular weight excluding hydrogens is 328 g/mol. The van der Waals surface area contributed by atoms with Gasteiger partial charge in [-0.1, -0.05) is 31.5 Å². The Morgan fingerprint density at radius 1 is 1.04 bits per heavy atom. The average Bonchev–Trinajstić information content (AvgIpc) is 2.54. The maximum Gasteiger partial charge on any atom is 0.326 e. The number of aliphatic imine (C=N–C) groups is 1. The maximum absolute atomic E-state index is 12.3. The third kappa shape index (κ3) is 6.51. The van der Waals surface area contributed by atoms with Gasteiger partial charge in [0, 0.05) is 23.6 Å². The number of hydrogen-bond acceptors (Lipinski definition) is 4. The highest BCUT2D eigenvalue weighted by atomic mass is 16.2. The van der Waals surface area contributed by atoms with Gasteiger partial charge in [0.2, 0.25) is 11.9 Å². The highest BCUT2D eigenvalue weighted by molar-refractivity contribution is 6.07. The van der Waals surface area contributed by atoms with Crippen LogP contribution in [-0.2, 0) is 0 Å². The molecular formula is C19H26N6O. The molecule has 1 heterocycles. The van der Waals surface area contributed by atoms with Gasteiger partial charge in [0.15, 0.2) is 0 Å². The third-order valence-electron chi connectivity index (χ3n) is 3.37. The summed E-state index contributed by atoms with van der Waals surface area (Å²) in [5.74, 6) is 1.07. The molecule has 3 N–H and O–H groups in total. The van der Waals surface area contributed by atoms with Crippen molar-refractivity contribution in [1.82, 2.24) is 15.3 Å². The molecule has 1 aromatic heterocycles. The monoisotopic (exact) mass is 354 g/mol. The topological polar surface area (TPSA) is 91.3 Å². The second-order valence-corrected chi connectivity index (χ2v) is 6.63. The van der Waals surface area contributed by atoms with Crippen molar-refractivity contribution in [2.45, 2.75) is 34.6 Å². The van der Waals surface area contributed by atoms with Crippen LogP contribution in [-0.4, -0.2) is 28.5 Å². The summed E-state index contributed by atoms with van der Waals surface area (Å²) in [7, 11) is 0. The number of urea groups is 1. The van der Waals surface area contributed by atoms with Crippen LogP contribution in [0.15, 0.2) is 35.3 Å². The minimum absolute atomic E-state index is 0.313. The Bertz CT molecular complexity index is 763. The van der Waals surface area contributed by atoms with Gasteiger partial charge in [-0.2, -0.15) is 0 Å². The maximum atomic E-state index is 12.3. The third-order valence-corrected chi connectivity index (χ3v) is 3.37. The van der Waals surface area contributed by atoms with Gasteiger partial charge in [0.1, 0.15) is 0 Å². The molecule has 2 aromatic rings. The summed E-state index contributed by atoms with van der Waals surface area (Å²) in [6.07, 6.45) is 0. The Hall–Kier alpha value is -2.96. The lowest BCUT2D eigenvalue weighted by atomic mass is 10.2. The standard InChI is InChI=1S/C19H26N6O/c1-12(2)11-20-17(24-18-21-14(4)10-15(5)22-18)25-19(26)23-16-8-6-13(3)7-9-16/h6-10,12H,11H2,1-5H3,(H3,20,21,22,23,24,25,26). The first-order valence-corrected chi connectivity index (χ1v) is 8.60. The van der Waals surface area contributed by atoms with Crippen LogP contribution in [0.1, 0.15) is 30.8 Å². The van der Waals surface area contributed by atoms with E-state index in [1.165, 1.54) is 0 Å². The van der Waals surface area contributed by atoms with E-state index in [0.29, 0.717) is 30.1 Å². The van der Waals surface area contributed by atoms with Gasteiger partial charge in [0.25, 0.3) is 0 Å². The number of guanidine groups is 1. The number of aryl methyl sites for hydroxylation is 3. The average molecular weight is 354 g/mol. The molecule has 26 heavy (non-hydrogen) atoms. The minimum Gasteiger partial charge on any atom is -0.308 e. The van der Waals surface area contributed by atoms with E-state index in [2.05, 4.69) is 44.8 Å². The smallest absolute Gasteiger partial charge is 0.308 e. The van der Waals surface area contributed by atoms with Gasteiger partial charge >= 0.3 is 6.03 Å². The summed E-state index contributed by atoms with van der Waals surface area (Å²) < 4.78 is 0. The van der Waals surface area contributed by atoms with Crippen molar-refractivity contribution in [2.24, 2.45) is 10.9 Å². The molecule has 138 valence electrons. The molecule has 7 heteroatoms. The number of anilines is 2. The van der Waals surface area contributed by atoms with Gasteiger partial charge in [-0.05, 0) is 44.9 Å². The van der Waals surface area contributed by atoms with E-state index in [9.17, 15) is 4.79 Å². The molecule has 0 atom stereocenters. The predicted molar refractivity (Wildman–Crippen MR) is 106 cm³/mol. The van der Waals surface area contributed by atoms with E-state index in [1.54, 1.807) is 0 Å². The number of aromatic nitrogens is 2. The predicted octanol–water partition coefficient (Wildman–Crippen LogP) is 3.65. The normalized spacial score (nSPS) is 11.4. The molecule has 0 aliphatic carbocycles. The molecule has 7 nitrogen and oxygen atoms in total. The summed E-state index contributed by atoms with van der Waals surface area (Å²) in [5.41, 5.74) is 3.52. The Balaban J connectivity index is 2.09. The van der Waals surface area contributed by atoms with Crippen molar-refractivity contribution in [3.63, 3.8) is 0 Å². The highest BCUT2D eigenvalue weighted by Gasteiger charge is 2.09. The molecule has 0 radical (unpaired) electrons. The largest absolute Gasteiger partial charge is 0.326 e. The van der Waals surface area contributed by atoms with Crippen LogP contribution in [0.4, 0.5) is 16.4 Å². The lowest BCUT2D eigenvalue weighted by molar-refractivity contribution is 0.256. The first-order valence-electron chi connectivity index (χ1n) is 8.60. The number of carbonyl (C=O) groups is 1. The first kappa shape index (κ1) is 19.4. The first-order chi connectivity index (χ1) is 12.3. The number of benzene rings is 1. The second-order valence-electron chi connectivity index (χ2n) is 6.63. The Labute approximate surface area is 154 Å². The Morgan fingerprint density at radius 3 is 2.23 bits per heavy atom. The molecule has 0 spiro atoms. The zero-order valence-corrected chi connectivity index (χ0v) is 15.9. The van der Waals surface area contributed by atoms with E-state index < -0.39 is 0 Å².